The van der Waals surface area contributed by atoms with Crippen LogP contribution in [0.5, 0.6) is 5.75 Å². The van der Waals surface area contributed by atoms with Crippen LogP contribution in [-0.2, 0) is 13.2 Å². The SMILES string of the molecule is CCn1nnc(C#N)c1COc1ccc(Cl)cc1. The van der Waals surface area contributed by atoms with Gasteiger partial charge in [0.15, 0.2) is 5.69 Å². The van der Waals surface area contributed by atoms with Crippen molar-refractivity contribution >= 4 is 11.6 Å². The van der Waals surface area contributed by atoms with Crippen molar-refractivity contribution in [2.75, 3.05) is 0 Å². The second kappa shape index (κ2) is 5.52. The van der Waals surface area contributed by atoms with Gasteiger partial charge in [0.2, 0.25) is 0 Å². The highest BCUT2D eigenvalue weighted by Gasteiger charge is 2.11. The first-order valence-corrected chi connectivity index (χ1v) is 5.83. The highest BCUT2D eigenvalue weighted by atomic mass is 35.5. The Balaban J connectivity index is 2.12. The summed E-state index contributed by atoms with van der Waals surface area (Å²) in [5.74, 6) is 0.687. The number of ether oxygens (including phenoxy) is 1. The van der Waals surface area contributed by atoms with Crippen LogP contribution in [-0.4, -0.2) is 15.0 Å². The van der Waals surface area contributed by atoms with Gasteiger partial charge < -0.3 is 4.74 Å². The average Bonchev–Trinajstić information content (AvgIpc) is 2.80. The van der Waals surface area contributed by atoms with E-state index < -0.39 is 0 Å². The van der Waals surface area contributed by atoms with Crippen molar-refractivity contribution in [1.82, 2.24) is 15.0 Å². The summed E-state index contributed by atoms with van der Waals surface area (Å²) in [6, 6.07) is 9.04. The molecule has 2 aromatic rings. The number of aryl methyl sites for hydroxylation is 1. The normalized spacial score (nSPS) is 10.1. The van der Waals surface area contributed by atoms with Gasteiger partial charge in [-0.3, -0.25) is 0 Å². The predicted molar refractivity (Wildman–Crippen MR) is 66.2 cm³/mol. The molecule has 0 saturated heterocycles. The van der Waals surface area contributed by atoms with Gasteiger partial charge in [0.05, 0.1) is 0 Å². The van der Waals surface area contributed by atoms with Crippen LogP contribution in [0.3, 0.4) is 0 Å². The minimum Gasteiger partial charge on any atom is -0.487 e. The zero-order valence-electron chi connectivity index (χ0n) is 9.80. The van der Waals surface area contributed by atoms with E-state index in [1.54, 1.807) is 28.9 Å². The fraction of sp³-hybridized carbons (Fsp3) is 0.250. The summed E-state index contributed by atoms with van der Waals surface area (Å²) >= 11 is 5.78. The largest absolute Gasteiger partial charge is 0.487 e. The number of hydrogen-bond donors (Lipinski definition) is 0. The Morgan fingerprint density at radius 2 is 2.11 bits per heavy atom. The summed E-state index contributed by atoms with van der Waals surface area (Å²) in [7, 11) is 0. The molecule has 6 heteroatoms. The molecule has 0 aliphatic carbocycles. The third-order valence-corrected chi connectivity index (χ3v) is 2.68. The van der Waals surface area contributed by atoms with E-state index in [9.17, 15) is 0 Å². The zero-order valence-corrected chi connectivity index (χ0v) is 10.6. The fourth-order valence-corrected chi connectivity index (χ4v) is 1.63. The second-order valence-electron chi connectivity index (χ2n) is 3.55. The minimum absolute atomic E-state index is 0.255. The van der Waals surface area contributed by atoms with E-state index in [2.05, 4.69) is 10.3 Å². The Morgan fingerprint density at radius 1 is 1.39 bits per heavy atom. The summed E-state index contributed by atoms with van der Waals surface area (Å²) in [5.41, 5.74) is 0.973. The number of rotatable bonds is 4. The molecule has 2 rings (SSSR count). The van der Waals surface area contributed by atoms with Crippen LogP contribution < -0.4 is 4.74 Å². The van der Waals surface area contributed by atoms with Crippen molar-refractivity contribution in [2.45, 2.75) is 20.1 Å². The molecule has 1 heterocycles. The number of halogens is 1. The van der Waals surface area contributed by atoms with Gasteiger partial charge in [-0.25, -0.2) is 4.68 Å². The van der Waals surface area contributed by atoms with Gasteiger partial charge in [0, 0.05) is 11.6 Å². The van der Waals surface area contributed by atoms with E-state index in [1.165, 1.54) is 0 Å². The lowest BCUT2D eigenvalue weighted by Crippen LogP contribution is -2.07. The molecule has 0 aliphatic rings. The third-order valence-electron chi connectivity index (χ3n) is 2.43. The zero-order chi connectivity index (χ0) is 13.0. The Labute approximate surface area is 110 Å². The molecule has 18 heavy (non-hydrogen) atoms. The first-order valence-electron chi connectivity index (χ1n) is 5.45. The standard InChI is InChI=1S/C12H11ClN4O/c1-2-17-12(11(7-14)15-16-17)8-18-10-5-3-9(13)4-6-10/h3-6H,2,8H2,1H3. The molecule has 0 N–H and O–H groups in total. The van der Waals surface area contributed by atoms with Crippen LogP contribution in [0.15, 0.2) is 24.3 Å². The van der Waals surface area contributed by atoms with Gasteiger partial charge in [-0.05, 0) is 31.2 Å². The maximum atomic E-state index is 8.92. The van der Waals surface area contributed by atoms with E-state index in [-0.39, 0.29) is 6.61 Å². The van der Waals surface area contributed by atoms with Crippen molar-refractivity contribution in [3.8, 4) is 11.8 Å². The first kappa shape index (κ1) is 12.4. The molecule has 0 aliphatic heterocycles. The number of aromatic nitrogens is 3. The number of nitrogens with zero attached hydrogens (tertiary/aromatic N) is 4. The molecule has 5 nitrogen and oxygen atoms in total. The molecule has 0 radical (unpaired) electrons. The van der Waals surface area contributed by atoms with Crippen molar-refractivity contribution in [3.05, 3.63) is 40.7 Å². The molecule has 0 amide bonds. The van der Waals surface area contributed by atoms with E-state index >= 15 is 0 Å². The Morgan fingerprint density at radius 3 is 2.72 bits per heavy atom. The molecule has 0 bridgehead atoms. The van der Waals surface area contributed by atoms with Crippen LogP contribution in [0.4, 0.5) is 0 Å². The molecule has 0 fully saturated rings. The lowest BCUT2D eigenvalue weighted by atomic mass is 10.3. The van der Waals surface area contributed by atoms with Gasteiger partial charge >= 0.3 is 0 Å². The highest BCUT2D eigenvalue weighted by molar-refractivity contribution is 6.30. The van der Waals surface area contributed by atoms with Crippen molar-refractivity contribution < 1.29 is 4.74 Å². The van der Waals surface area contributed by atoms with Gasteiger partial charge in [0.25, 0.3) is 0 Å². The molecule has 0 atom stereocenters. The maximum absolute atomic E-state index is 8.92. The predicted octanol–water partition coefficient (Wildman–Crippen LogP) is 2.40. The lowest BCUT2D eigenvalue weighted by molar-refractivity contribution is 0.292. The van der Waals surface area contributed by atoms with E-state index in [4.69, 9.17) is 21.6 Å². The summed E-state index contributed by atoms with van der Waals surface area (Å²) < 4.78 is 7.23. The number of hydrogen-bond acceptors (Lipinski definition) is 4. The van der Waals surface area contributed by atoms with E-state index in [0.29, 0.717) is 28.7 Å². The van der Waals surface area contributed by atoms with Crippen LogP contribution in [0.1, 0.15) is 18.3 Å². The summed E-state index contributed by atoms with van der Waals surface area (Å²) in [6.07, 6.45) is 0. The highest BCUT2D eigenvalue weighted by Crippen LogP contribution is 2.17. The number of benzene rings is 1. The molecule has 0 unspecified atom stereocenters. The minimum atomic E-state index is 0.255. The average molecular weight is 263 g/mol. The smallest absolute Gasteiger partial charge is 0.189 e. The van der Waals surface area contributed by atoms with Crippen molar-refractivity contribution in [3.63, 3.8) is 0 Å². The van der Waals surface area contributed by atoms with Gasteiger partial charge in [-0.1, -0.05) is 16.8 Å². The monoisotopic (exact) mass is 262 g/mol. The van der Waals surface area contributed by atoms with Crippen LogP contribution in [0.25, 0.3) is 0 Å². The third kappa shape index (κ3) is 2.60. The second-order valence-corrected chi connectivity index (χ2v) is 3.99. The molecular formula is C12H11ClN4O. The quantitative estimate of drug-likeness (QED) is 0.849. The van der Waals surface area contributed by atoms with Gasteiger partial charge in [-0.15, -0.1) is 5.10 Å². The van der Waals surface area contributed by atoms with Crippen LogP contribution in [0, 0.1) is 11.3 Å². The summed E-state index contributed by atoms with van der Waals surface area (Å²) in [5, 5.41) is 17.2. The summed E-state index contributed by atoms with van der Waals surface area (Å²) in [6.45, 7) is 2.83. The summed E-state index contributed by atoms with van der Waals surface area (Å²) in [4.78, 5) is 0. The molecular weight excluding hydrogens is 252 g/mol. The van der Waals surface area contributed by atoms with Gasteiger partial charge in [-0.2, -0.15) is 5.26 Å². The van der Waals surface area contributed by atoms with Crippen LogP contribution in [0.2, 0.25) is 5.02 Å². The van der Waals surface area contributed by atoms with E-state index in [1.807, 2.05) is 13.0 Å². The van der Waals surface area contributed by atoms with Gasteiger partial charge in [0.1, 0.15) is 24.1 Å². The Kier molecular flexibility index (Phi) is 3.80. The topological polar surface area (TPSA) is 63.7 Å². The molecule has 1 aromatic heterocycles. The first-order chi connectivity index (χ1) is 8.74. The molecule has 1 aromatic carbocycles. The van der Waals surface area contributed by atoms with E-state index in [0.717, 1.165) is 0 Å². The fourth-order valence-electron chi connectivity index (χ4n) is 1.50. The lowest BCUT2D eigenvalue weighted by Gasteiger charge is -2.07. The number of nitriles is 1. The molecule has 0 saturated carbocycles. The molecule has 92 valence electrons. The van der Waals surface area contributed by atoms with Crippen molar-refractivity contribution in [1.29, 1.82) is 5.26 Å². The Bertz CT molecular complexity index is 571. The van der Waals surface area contributed by atoms with Crippen molar-refractivity contribution in [2.24, 2.45) is 0 Å². The Hall–Kier alpha value is -2.06. The molecule has 0 spiro atoms. The van der Waals surface area contributed by atoms with Crippen LogP contribution >= 0.6 is 11.6 Å². The maximum Gasteiger partial charge on any atom is 0.189 e.